The maximum Gasteiger partial charge on any atom is 0.422 e. The van der Waals surface area contributed by atoms with Gasteiger partial charge in [0, 0.05) is 35.9 Å². The Hall–Kier alpha value is -5.90. The number of benzene rings is 3. The van der Waals surface area contributed by atoms with Gasteiger partial charge in [-0.05, 0) is 65.1 Å². The minimum atomic E-state index is -4.62. The number of rotatable bonds is 15. The summed E-state index contributed by atoms with van der Waals surface area (Å²) in [6, 6.07) is 19.7. The molecule has 4 aromatic rings. The highest BCUT2D eigenvalue weighted by atomic mass is 35.5. The van der Waals surface area contributed by atoms with E-state index in [9.17, 15) is 27.6 Å². The zero-order valence-electron chi connectivity index (χ0n) is 28.8. The minimum absolute atomic E-state index is 0.0525. The molecular weight excluding hydrogens is 717 g/mol. The van der Waals surface area contributed by atoms with Gasteiger partial charge in [-0.2, -0.15) is 28.1 Å². The van der Waals surface area contributed by atoms with E-state index < -0.39 is 47.5 Å². The van der Waals surface area contributed by atoms with Crippen molar-refractivity contribution in [3.05, 3.63) is 107 Å². The van der Waals surface area contributed by atoms with E-state index in [0.717, 1.165) is 11.1 Å². The van der Waals surface area contributed by atoms with Crippen LogP contribution in [0.5, 0.6) is 11.8 Å². The van der Waals surface area contributed by atoms with Crippen LogP contribution in [0.1, 0.15) is 35.3 Å². The van der Waals surface area contributed by atoms with Crippen molar-refractivity contribution >= 4 is 46.9 Å². The smallest absolute Gasteiger partial charge is 0.422 e. The van der Waals surface area contributed by atoms with Crippen LogP contribution in [0.25, 0.3) is 0 Å². The third kappa shape index (κ3) is 11.3. The Balaban J connectivity index is 1.15. The van der Waals surface area contributed by atoms with Crippen molar-refractivity contribution in [1.29, 1.82) is 0 Å². The van der Waals surface area contributed by atoms with Crippen molar-refractivity contribution in [3.63, 3.8) is 0 Å². The molecule has 0 unspecified atom stereocenters. The van der Waals surface area contributed by atoms with Crippen LogP contribution in [-0.4, -0.2) is 65.7 Å². The standard InChI is InChI=1S/C36H36ClF3N8O5/c1-34(2,20-43-30(51)29(50)41-18-22-5-4-6-27(17-22)52-3)19-42-28(49)23-7-13-26(14-8-23)44-31-45-32(47-33(46-31)53-21-36(38,39)40)48-35(15-16-35)24-9-11-25(37)12-10-24/h4-17H,18-21H2,1-3H3,(H,41,50)(H,42,49)(H,43,51)(H2,44,45,46,47,48). The van der Waals surface area contributed by atoms with Crippen molar-refractivity contribution in [1.82, 2.24) is 30.9 Å². The lowest BCUT2D eigenvalue weighted by Crippen LogP contribution is -2.46. The third-order valence-electron chi connectivity index (χ3n) is 7.77. The van der Waals surface area contributed by atoms with Gasteiger partial charge in [-0.1, -0.05) is 61.9 Å². The van der Waals surface area contributed by atoms with E-state index in [-0.39, 0.29) is 31.5 Å². The maximum atomic E-state index is 12.9. The molecule has 0 bridgehead atoms. The molecule has 1 aliphatic carbocycles. The molecule has 17 heteroatoms. The number of nitrogens with zero attached hydrogens (tertiary/aromatic N) is 3. The largest absolute Gasteiger partial charge is 0.497 e. The van der Waals surface area contributed by atoms with Crippen LogP contribution in [0.2, 0.25) is 5.02 Å². The van der Waals surface area contributed by atoms with Gasteiger partial charge in [0.15, 0.2) is 6.61 Å². The summed E-state index contributed by atoms with van der Waals surface area (Å²) in [6.45, 7) is 2.45. The summed E-state index contributed by atoms with van der Waals surface area (Å²) in [5, 5.41) is 14.5. The lowest BCUT2D eigenvalue weighted by Gasteiger charge is -2.25. The third-order valence-corrected chi connectivity index (χ3v) is 8.02. The highest BCUT2D eigenvalue weighted by Gasteiger charge is 2.37. The fourth-order valence-electron chi connectivity index (χ4n) is 4.78. The van der Waals surface area contributed by atoms with Crippen molar-refractivity contribution in [2.45, 2.75) is 32.1 Å². The number of carbonyl (C=O) groups excluding carboxylic acids is 3. The van der Waals surface area contributed by atoms with E-state index >= 15 is 0 Å². The van der Waals surface area contributed by atoms with Crippen LogP contribution in [0.15, 0.2) is 84.9 Å². The molecule has 0 aliphatic heterocycles. The summed E-state index contributed by atoms with van der Waals surface area (Å²) in [7, 11) is 1.53. The fourth-order valence-corrected chi connectivity index (χ4v) is 4.91. The Morgan fingerprint density at radius 3 is 2.15 bits per heavy atom. The number of hydrogen-bond acceptors (Lipinski definition) is 10. The van der Waals surface area contributed by atoms with Gasteiger partial charge < -0.3 is 36.1 Å². The second-order valence-corrected chi connectivity index (χ2v) is 13.2. The Kier molecular flexibility index (Phi) is 11.7. The first-order valence-electron chi connectivity index (χ1n) is 16.2. The number of anilines is 3. The Morgan fingerprint density at radius 2 is 1.49 bits per heavy atom. The molecule has 278 valence electrons. The lowest BCUT2D eigenvalue weighted by atomic mass is 9.93. The summed E-state index contributed by atoms with van der Waals surface area (Å²) >= 11 is 6.01. The fraction of sp³-hybridized carbons (Fsp3) is 0.278. The topological polar surface area (TPSA) is 168 Å². The SMILES string of the molecule is COc1cccc(CNC(=O)C(=O)NCC(C)(C)CNC(=O)c2ccc(Nc3nc(NC4(c5ccc(Cl)cc5)C=C4)nc(OCC(F)(F)F)n3)cc2)c1. The zero-order valence-corrected chi connectivity index (χ0v) is 29.6. The zero-order chi connectivity index (χ0) is 38.2. The van der Waals surface area contributed by atoms with E-state index in [1.165, 1.54) is 19.2 Å². The van der Waals surface area contributed by atoms with Crippen LogP contribution >= 0.6 is 11.6 Å². The second kappa shape index (κ2) is 16.2. The molecule has 3 aromatic carbocycles. The normalized spacial score (nSPS) is 13.0. The van der Waals surface area contributed by atoms with E-state index in [2.05, 4.69) is 41.5 Å². The Labute approximate surface area is 307 Å². The monoisotopic (exact) mass is 752 g/mol. The number of hydrogen-bond donors (Lipinski definition) is 5. The molecule has 1 aliphatic rings. The summed E-state index contributed by atoms with van der Waals surface area (Å²) in [6.07, 6.45) is -0.963. The van der Waals surface area contributed by atoms with E-state index in [1.54, 1.807) is 60.7 Å². The Morgan fingerprint density at radius 1 is 0.830 bits per heavy atom. The molecule has 1 aromatic heterocycles. The van der Waals surface area contributed by atoms with Gasteiger partial charge in [0.1, 0.15) is 11.3 Å². The lowest BCUT2D eigenvalue weighted by molar-refractivity contribution is -0.154. The molecule has 0 atom stereocenters. The molecular formula is C36H36ClF3N8O5. The van der Waals surface area contributed by atoms with Gasteiger partial charge in [0.05, 0.1) is 7.11 Å². The molecule has 0 saturated heterocycles. The predicted octanol–water partition coefficient (Wildman–Crippen LogP) is 5.28. The van der Waals surface area contributed by atoms with E-state index in [0.29, 0.717) is 22.0 Å². The molecule has 0 radical (unpaired) electrons. The number of ether oxygens (including phenoxy) is 2. The summed E-state index contributed by atoms with van der Waals surface area (Å²) in [5.41, 5.74) is 0.920. The first-order valence-corrected chi connectivity index (χ1v) is 16.5. The average Bonchev–Trinajstić information content (AvgIpc) is 3.91. The first-order chi connectivity index (χ1) is 25.1. The van der Waals surface area contributed by atoms with Crippen LogP contribution in [0, 0.1) is 5.41 Å². The Bertz CT molecular complexity index is 1970. The van der Waals surface area contributed by atoms with Gasteiger partial charge in [0.2, 0.25) is 11.9 Å². The molecule has 0 spiro atoms. The van der Waals surface area contributed by atoms with Crippen molar-refractivity contribution in [3.8, 4) is 11.8 Å². The summed E-state index contributed by atoms with van der Waals surface area (Å²) < 4.78 is 48.8. The molecule has 13 nitrogen and oxygen atoms in total. The molecule has 1 heterocycles. The number of alkyl halides is 3. The highest BCUT2D eigenvalue weighted by Crippen LogP contribution is 2.39. The van der Waals surface area contributed by atoms with E-state index in [1.807, 2.05) is 26.0 Å². The van der Waals surface area contributed by atoms with Crippen LogP contribution in [0.3, 0.4) is 0 Å². The van der Waals surface area contributed by atoms with Gasteiger partial charge in [0.25, 0.3) is 5.91 Å². The maximum absolute atomic E-state index is 12.9. The molecule has 0 saturated carbocycles. The van der Waals surface area contributed by atoms with Crippen molar-refractivity contribution in [2.24, 2.45) is 5.41 Å². The quantitative estimate of drug-likeness (QED) is 0.0796. The van der Waals surface area contributed by atoms with Crippen LogP contribution in [0.4, 0.5) is 30.8 Å². The van der Waals surface area contributed by atoms with Gasteiger partial charge in [-0.15, -0.1) is 0 Å². The van der Waals surface area contributed by atoms with Crippen molar-refractivity contribution < 1.29 is 37.0 Å². The number of carbonyl (C=O) groups is 3. The second-order valence-electron chi connectivity index (χ2n) is 12.8. The average molecular weight is 753 g/mol. The number of amides is 3. The predicted molar refractivity (Wildman–Crippen MR) is 191 cm³/mol. The number of halogens is 4. The van der Waals surface area contributed by atoms with Crippen LogP contribution < -0.4 is 36.1 Å². The first kappa shape index (κ1) is 38.3. The van der Waals surface area contributed by atoms with Gasteiger partial charge in [-0.25, -0.2) is 0 Å². The van der Waals surface area contributed by atoms with Crippen molar-refractivity contribution in [2.75, 3.05) is 37.4 Å². The summed E-state index contributed by atoms with van der Waals surface area (Å²) in [5.74, 6) is -1.53. The number of aromatic nitrogens is 3. The highest BCUT2D eigenvalue weighted by molar-refractivity contribution is 6.35. The molecule has 0 fully saturated rings. The summed E-state index contributed by atoms with van der Waals surface area (Å²) in [4.78, 5) is 49.9. The van der Waals surface area contributed by atoms with E-state index in [4.69, 9.17) is 21.1 Å². The molecule has 5 rings (SSSR count). The number of methoxy groups -OCH3 is 1. The van der Waals surface area contributed by atoms with Crippen LogP contribution in [-0.2, 0) is 21.7 Å². The molecule has 3 amide bonds. The minimum Gasteiger partial charge on any atom is -0.497 e. The molecule has 5 N–H and O–H groups in total. The van der Waals surface area contributed by atoms with Gasteiger partial charge >= 0.3 is 24.0 Å². The molecule has 53 heavy (non-hydrogen) atoms. The number of nitrogens with one attached hydrogen (secondary N) is 5. The van der Waals surface area contributed by atoms with Gasteiger partial charge in [-0.3, -0.25) is 14.4 Å².